The van der Waals surface area contributed by atoms with Crippen LogP contribution in [0.25, 0.3) is 0 Å². The lowest BCUT2D eigenvalue weighted by Crippen LogP contribution is -2.22. The summed E-state index contributed by atoms with van der Waals surface area (Å²) in [6.45, 7) is 1.49. The highest BCUT2D eigenvalue weighted by Gasteiger charge is 2.35. The van der Waals surface area contributed by atoms with Crippen molar-refractivity contribution in [1.29, 1.82) is 0 Å². The van der Waals surface area contributed by atoms with Crippen molar-refractivity contribution >= 4 is 5.97 Å². The van der Waals surface area contributed by atoms with Gasteiger partial charge in [-0.25, -0.2) is 0 Å². The van der Waals surface area contributed by atoms with E-state index in [0.29, 0.717) is 6.54 Å². The highest BCUT2D eigenvalue weighted by molar-refractivity contribution is 5.74. The molecular formula is C10H13NO3. The molecule has 1 saturated heterocycles. The fourth-order valence-corrected chi connectivity index (χ4v) is 1.91. The molecule has 0 aromatic carbocycles. The molecule has 2 rings (SSSR count). The summed E-state index contributed by atoms with van der Waals surface area (Å²) in [5.74, 6) is -0.0556. The number of furan rings is 1. The largest absolute Gasteiger partial charge is 0.472 e. The summed E-state index contributed by atoms with van der Waals surface area (Å²) in [7, 11) is 1.42. The second kappa shape index (κ2) is 3.84. The predicted octanol–water partition coefficient (Wildman–Crippen LogP) is 0.756. The number of rotatable bonds is 2. The minimum Gasteiger partial charge on any atom is -0.472 e. The Hall–Kier alpha value is -1.29. The first kappa shape index (κ1) is 9.27. The summed E-state index contributed by atoms with van der Waals surface area (Å²) in [6.07, 6.45) is 3.32. The van der Waals surface area contributed by atoms with Gasteiger partial charge in [-0.05, 0) is 11.6 Å². The van der Waals surface area contributed by atoms with Crippen LogP contribution >= 0.6 is 0 Å². The van der Waals surface area contributed by atoms with Crippen LogP contribution in [0, 0.1) is 5.92 Å². The average molecular weight is 195 g/mol. The molecule has 1 aliphatic rings. The van der Waals surface area contributed by atoms with Crippen LogP contribution in [0.1, 0.15) is 11.5 Å². The van der Waals surface area contributed by atoms with Crippen LogP contribution in [0.4, 0.5) is 0 Å². The number of carbonyl (C=O) groups is 1. The number of esters is 1. The van der Waals surface area contributed by atoms with Crippen LogP contribution in [-0.2, 0) is 9.53 Å². The summed E-state index contributed by atoms with van der Waals surface area (Å²) >= 11 is 0. The SMILES string of the molecule is COC(=O)C1CNCC1c1ccoc1. The van der Waals surface area contributed by atoms with Gasteiger partial charge in [0, 0.05) is 19.0 Å². The Morgan fingerprint density at radius 1 is 1.64 bits per heavy atom. The molecule has 76 valence electrons. The van der Waals surface area contributed by atoms with Crippen molar-refractivity contribution in [3.8, 4) is 0 Å². The fourth-order valence-electron chi connectivity index (χ4n) is 1.91. The number of ether oxygens (including phenoxy) is 1. The van der Waals surface area contributed by atoms with E-state index in [4.69, 9.17) is 9.15 Å². The van der Waals surface area contributed by atoms with Gasteiger partial charge in [-0.15, -0.1) is 0 Å². The van der Waals surface area contributed by atoms with Gasteiger partial charge in [-0.1, -0.05) is 0 Å². The van der Waals surface area contributed by atoms with Crippen LogP contribution in [-0.4, -0.2) is 26.2 Å². The predicted molar refractivity (Wildman–Crippen MR) is 49.8 cm³/mol. The first-order valence-corrected chi connectivity index (χ1v) is 4.63. The Labute approximate surface area is 82.2 Å². The number of hydrogen-bond donors (Lipinski definition) is 1. The average Bonchev–Trinajstić information content (AvgIpc) is 2.85. The molecule has 2 heterocycles. The minimum absolute atomic E-state index is 0.0856. The molecule has 1 aromatic heterocycles. The van der Waals surface area contributed by atoms with Gasteiger partial charge in [0.1, 0.15) is 0 Å². The van der Waals surface area contributed by atoms with Gasteiger partial charge in [0.2, 0.25) is 0 Å². The lowest BCUT2D eigenvalue weighted by molar-refractivity contribution is -0.145. The van der Waals surface area contributed by atoms with Gasteiger partial charge in [0.25, 0.3) is 0 Å². The molecule has 1 fully saturated rings. The molecule has 1 aliphatic heterocycles. The lowest BCUT2D eigenvalue weighted by atomic mass is 9.91. The maximum absolute atomic E-state index is 11.4. The maximum atomic E-state index is 11.4. The molecule has 0 radical (unpaired) electrons. The number of methoxy groups -OCH3 is 1. The summed E-state index contributed by atoms with van der Waals surface area (Å²) < 4.78 is 9.76. The summed E-state index contributed by atoms with van der Waals surface area (Å²) in [6, 6.07) is 1.90. The molecule has 1 N–H and O–H groups in total. The third kappa shape index (κ3) is 1.53. The van der Waals surface area contributed by atoms with E-state index in [0.717, 1.165) is 12.1 Å². The Bertz CT molecular complexity index is 307. The highest BCUT2D eigenvalue weighted by atomic mass is 16.5. The van der Waals surface area contributed by atoms with E-state index >= 15 is 0 Å². The molecule has 0 amide bonds. The normalized spacial score (nSPS) is 26.4. The van der Waals surface area contributed by atoms with Gasteiger partial charge < -0.3 is 14.5 Å². The van der Waals surface area contributed by atoms with Gasteiger partial charge >= 0.3 is 5.97 Å². The minimum atomic E-state index is -0.152. The summed E-state index contributed by atoms with van der Waals surface area (Å²) in [5.41, 5.74) is 1.06. The summed E-state index contributed by atoms with van der Waals surface area (Å²) in [4.78, 5) is 11.4. The van der Waals surface area contributed by atoms with Crippen molar-refractivity contribution in [3.05, 3.63) is 24.2 Å². The van der Waals surface area contributed by atoms with E-state index < -0.39 is 0 Å². The standard InChI is InChI=1S/C10H13NO3/c1-13-10(12)9-5-11-4-8(9)7-2-3-14-6-7/h2-3,6,8-9,11H,4-5H2,1H3. The van der Waals surface area contributed by atoms with Crippen LogP contribution < -0.4 is 5.32 Å². The van der Waals surface area contributed by atoms with Gasteiger partial charge in [-0.3, -0.25) is 4.79 Å². The molecule has 0 saturated carbocycles. The number of nitrogens with one attached hydrogen (secondary N) is 1. The van der Waals surface area contributed by atoms with E-state index in [1.165, 1.54) is 7.11 Å². The fraction of sp³-hybridized carbons (Fsp3) is 0.500. The first-order chi connectivity index (χ1) is 6.83. The van der Waals surface area contributed by atoms with Crippen LogP contribution in [0.3, 0.4) is 0 Å². The molecule has 0 aliphatic carbocycles. The van der Waals surface area contributed by atoms with Crippen molar-refractivity contribution in [2.24, 2.45) is 5.92 Å². The number of hydrogen-bond acceptors (Lipinski definition) is 4. The zero-order valence-corrected chi connectivity index (χ0v) is 8.03. The molecule has 0 spiro atoms. The van der Waals surface area contributed by atoms with Crippen LogP contribution in [0.5, 0.6) is 0 Å². The third-order valence-corrected chi connectivity index (χ3v) is 2.69. The van der Waals surface area contributed by atoms with E-state index in [1.54, 1.807) is 12.5 Å². The zero-order valence-electron chi connectivity index (χ0n) is 8.03. The monoisotopic (exact) mass is 195 g/mol. The molecule has 2 atom stereocenters. The van der Waals surface area contributed by atoms with E-state index in [1.807, 2.05) is 6.07 Å². The topological polar surface area (TPSA) is 51.5 Å². The van der Waals surface area contributed by atoms with E-state index in [2.05, 4.69) is 5.32 Å². The third-order valence-electron chi connectivity index (χ3n) is 2.69. The summed E-state index contributed by atoms with van der Waals surface area (Å²) in [5, 5.41) is 3.18. The van der Waals surface area contributed by atoms with Gasteiger partial charge in [0.05, 0.1) is 25.6 Å². The van der Waals surface area contributed by atoms with Gasteiger partial charge in [0.15, 0.2) is 0 Å². The Morgan fingerprint density at radius 3 is 3.14 bits per heavy atom. The maximum Gasteiger partial charge on any atom is 0.310 e. The second-order valence-corrected chi connectivity index (χ2v) is 3.45. The Morgan fingerprint density at radius 2 is 2.50 bits per heavy atom. The van der Waals surface area contributed by atoms with E-state index in [9.17, 15) is 4.79 Å². The van der Waals surface area contributed by atoms with E-state index in [-0.39, 0.29) is 17.8 Å². The highest BCUT2D eigenvalue weighted by Crippen LogP contribution is 2.28. The van der Waals surface area contributed by atoms with Crippen molar-refractivity contribution in [1.82, 2.24) is 5.32 Å². The van der Waals surface area contributed by atoms with Crippen molar-refractivity contribution in [2.75, 3.05) is 20.2 Å². The molecule has 4 nitrogen and oxygen atoms in total. The second-order valence-electron chi connectivity index (χ2n) is 3.45. The van der Waals surface area contributed by atoms with Crippen LogP contribution in [0.2, 0.25) is 0 Å². The van der Waals surface area contributed by atoms with Crippen molar-refractivity contribution < 1.29 is 13.9 Å². The van der Waals surface area contributed by atoms with Gasteiger partial charge in [-0.2, -0.15) is 0 Å². The Kier molecular flexibility index (Phi) is 2.54. The van der Waals surface area contributed by atoms with Crippen LogP contribution in [0.15, 0.2) is 23.0 Å². The molecule has 14 heavy (non-hydrogen) atoms. The molecule has 0 bridgehead atoms. The Balaban J connectivity index is 2.15. The van der Waals surface area contributed by atoms with Crippen molar-refractivity contribution in [3.63, 3.8) is 0 Å². The quantitative estimate of drug-likeness (QED) is 0.708. The molecule has 4 heteroatoms. The first-order valence-electron chi connectivity index (χ1n) is 4.63. The smallest absolute Gasteiger partial charge is 0.310 e. The zero-order chi connectivity index (χ0) is 9.97. The lowest BCUT2D eigenvalue weighted by Gasteiger charge is -2.14. The molecule has 2 unspecified atom stereocenters. The number of carbonyl (C=O) groups excluding carboxylic acids is 1. The molecule has 1 aromatic rings. The van der Waals surface area contributed by atoms with Crippen molar-refractivity contribution in [2.45, 2.75) is 5.92 Å². The molecular weight excluding hydrogens is 182 g/mol.